The van der Waals surface area contributed by atoms with E-state index in [4.69, 9.17) is 0 Å². The van der Waals surface area contributed by atoms with E-state index in [1.54, 1.807) is 0 Å². The van der Waals surface area contributed by atoms with Crippen LogP contribution >= 0.6 is 0 Å². The Morgan fingerprint density at radius 3 is 2.80 bits per heavy atom. The van der Waals surface area contributed by atoms with E-state index in [9.17, 15) is 8.76 Å². The van der Waals surface area contributed by atoms with Crippen LogP contribution in [-0.2, 0) is 11.1 Å². The lowest BCUT2D eigenvalue weighted by molar-refractivity contribution is 0.542. The minimum Gasteiger partial charge on any atom is -0.769 e. The lowest BCUT2D eigenvalue weighted by atomic mass is 10.3. The maximum absolute atomic E-state index is 10.2. The Morgan fingerprint density at radius 2 is 2.40 bits per heavy atom. The predicted octanol–water partition coefficient (Wildman–Crippen LogP) is 1.74. The quantitative estimate of drug-likeness (QED) is 0.463. The molecule has 0 aliphatic carbocycles. The summed E-state index contributed by atoms with van der Waals surface area (Å²) >= 11 is -2.09. The summed E-state index contributed by atoms with van der Waals surface area (Å²) in [5, 5.41) is 0. The molecule has 0 saturated heterocycles. The van der Waals surface area contributed by atoms with E-state index < -0.39 is 11.1 Å². The molecule has 10 heavy (non-hydrogen) atoms. The van der Waals surface area contributed by atoms with Gasteiger partial charge in [0.25, 0.3) is 0 Å². The van der Waals surface area contributed by atoms with Crippen molar-refractivity contribution in [3.05, 3.63) is 23.6 Å². The second kappa shape index (κ2) is 5.38. The summed E-state index contributed by atoms with van der Waals surface area (Å²) in [5.41, 5.74) is 0. The van der Waals surface area contributed by atoms with Crippen molar-refractivity contribution >= 4 is 11.1 Å². The molecule has 0 bridgehead atoms. The fraction of sp³-hybridized carbons (Fsp3) is 0.429. The molecule has 0 radical (unpaired) electrons. The van der Waals surface area contributed by atoms with Gasteiger partial charge in [0, 0.05) is 0 Å². The van der Waals surface area contributed by atoms with E-state index in [2.05, 4.69) is 6.58 Å². The Balaban J connectivity index is 3.50. The number of rotatable bonds is 4. The van der Waals surface area contributed by atoms with Crippen molar-refractivity contribution in [1.82, 2.24) is 0 Å². The van der Waals surface area contributed by atoms with Crippen molar-refractivity contribution in [3.8, 4) is 0 Å². The average Bonchev–Trinajstić information content (AvgIpc) is 1.88. The molecular weight excluding hydrogens is 148 g/mol. The lowest BCUT2D eigenvalue weighted by Gasteiger charge is -2.05. The van der Waals surface area contributed by atoms with E-state index in [-0.39, 0.29) is 4.91 Å². The summed E-state index contributed by atoms with van der Waals surface area (Å²) in [5.74, 6) is 0. The lowest BCUT2D eigenvalue weighted by Crippen LogP contribution is -1.90. The first kappa shape index (κ1) is 9.59. The molecule has 2 nitrogen and oxygen atoms in total. The van der Waals surface area contributed by atoms with Gasteiger partial charge in [0.1, 0.15) is 0 Å². The van der Waals surface area contributed by atoms with Crippen molar-refractivity contribution in [1.29, 1.82) is 0 Å². The molecule has 0 N–H and O–H groups in total. The molecule has 0 aromatic heterocycles. The Bertz CT molecular complexity index is 161. The molecule has 0 aliphatic heterocycles. The summed E-state index contributed by atoms with van der Waals surface area (Å²) < 4.78 is 20.3. The molecule has 0 aromatic rings. The van der Waals surface area contributed by atoms with Crippen LogP contribution in [0.25, 0.3) is 0 Å². The van der Waals surface area contributed by atoms with Gasteiger partial charge in [-0.15, -0.1) is 0 Å². The molecule has 58 valence electrons. The highest BCUT2D eigenvalue weighted by molar-refractivity contribution is 7.83. The average molecular weight is 159 g/mol. The van der Waals surface area contributed by atoms with E-state index >= 15 is 0 Å². The van der Waals surface area contributed by atoms with Crippen LogP contribution in [0.4, 0.5) is 0 Å². The third kappa shape index (κ3) is 4.47. The van der Waals surface area contributed by atoms with Crippen LogP contribution in [0.5, 0.6) is 0 Å². The largest absolute Gasteiger partial charge is 0.769 e. The monoisotopic (exact) mass is 159 g/mol. The highest BCUT2D eigenvalue weighted by atomic mass is 32.2. The first-order chi connectivity index (χ1) is 4.68. The molecule has 0 fully saturated rings. The number of allylic oxidation sites excluding steroid dienone is 3. The summed E-state index contributed by atoms with van der Waals surface area (Å²) in [6, 6.07) is 0. The van der Waals surface area contributed by atoms with Crippen LogP contribution in [0.15, 0.2) is 23.6 Å². The Hall–Kier alpha value is -0.410. The van der Waals surface area contributed by atoms with Crippen molar-refractivity contribution in [2.75, 3.05) is 0 Å². The second-order valence-electron chi connectivity index (χ2n) is 1.88. The second-order valence-corrected chi connectivity index (χ2v) is 2.93. The predicted molar refractivity (Wildman–Crippen MR) is 42.1 cm³/mol. The van der Waals surface area contributed by atoms with Gasteiger partial charge in [0.05, 0.1) is 0 Å². The number of hydrogen-bond acceptors (Lipinski definition) is 2. The minimum absolute atomic E-state index is 0.276. The Kier molecular flexibility index (Phi) is 5.16. The fourth-order valence-corrected chi connectivity index (χ4v) is 0.779. The molecule has 0 rings (SSSR count). The van der Waals surface area contributed by atoms with Gasteiger partial charge < -0.3 is 4.55 Å². The third-order valence-corrected chi connectivity index (χ3v) is 1.74. The van der Waals surface area contributed by atoms with E-state index in [0.717, 1.165) is 6.42 Å². The first-order valence-electron chi connectivity index (χ1n) is 3.06. The standard InChI is InChI=1S/C7H12O2S/c1-3-4-5-6-7(2)10(8)9/h3-4H,2,5-6H2,1H3,(H,8,9)/p-1/b4-3-. The SMILES string of the molecule is C=C(CC/C=C\C)S(=O)[O-]. The molecule has 0 aromatic carbocycles. The van der Waals surface area contributed by atoms with E-state index in [0.29, 0.717) is 6.42 Å². The summed E-state index contributed by atoms with van der Waals surface area (Å²) in [6.07, 6.45) is 5.09. The maximum atomic E-state index is 10.2. The van der Waals surface area contributed by atoms with Crippen LogP contribution in [0.3, 0.4) is 0 Å². The zero-order valence-electron chi connectivity index (χ0n) is 6.00. The maximum Gasteiger partial charge on any atom is -0.00447 e. The molecule has 0 spiro atoms. The topological polar surface area (TPSA) is 40.1 Å². The Morgan fingerprint density at radius 1 is 1.80 bits per heavy atom. The summed E-state index contributed by atoms with van der Waals surface area (Å²) in [4.78, 5) is 0.276. The van der Waals surface area contributed by atoms with Crippen LogP contribution < -0.4 is 0 Å². The normalized spacial score (nSPS) is 13.8. The van der Waals surface area contributed by atoms with Gasteiger partial charge in [0.15, 0.2) is 0 Å². The van der Waals surface area contributed by atoms with Crippen molar-refractivity contribution in [2.24, 2.45) is 0 Å². The summed E-state index contributed by atoms with van der Waals surface area (Å²) in [6.45, 7) is 5.28. The van der Waals surface area contributed by atoms with Crippen molar-refractivity contribution < 1.29 is 8.76 Å². The van der Waals surface area contributed by atoms with Crippen molar-refractivity contribution in [2.45, 2.75) is 19.8 Å². The molecule has 0 heterocycles. The van der Waals surface area contributed by atoms with Gasteiger partial charge in [0.2, 0.25) is 0 Å². The van der Waals surface area contributed by atoms with E-state index in [1.165, 1.54) is 0 Å². The highest BCUT2D eigenvalue weighted by Crippen LogP contribution is 2.05. The number of hydrogen-bond donors (Lipinski definition) is 0. The zero-order valence-corrected chi connectivity index (χ0v) is 6.82. The van der Waals surface area contributed by atoms with E-state index in [1.807, 2.05) is 19.1 Å². The summed E-state index contributed by atoms with van der Waals surface area (Å²) in [7, 11) is 0. The zero-order chi connectivity index (χ0) is 7.98. The van der Waals surface area contributed by atoms with Crippen LogP contribution in [0, 0.1) is 0 Å². The van der Waals surface area contributed by atoms with Gasteiger partial charge >= 0.3 is 0 Å². The van der Waals surface area contributed by atoms with Gasteiger partial charge in [-0.3, -0.25) is 4.21 Å². The van der Waals surface area contributed by atoms with Crippen LogP contribution in [0.2, 0.25) is 0 Å². The van der Waals surface area contributed by atoms with Crippen LogP contribution in [-0.4, -0.2) is 8.76 Å². The van der Waals surface area contributed by atoms with Crippen molar-refractivity contribution in [3.63, 3.8) is 0 Å². The molecule has 0 amide bonds. The van der Waals surface area contributed by atoms with Crippen LogP contribution in [0.1, 0.15) is 19.8 Å². The smallest absolute Gasteiger partial charge is 0.00447 e. The minimum atomic E-state index is -2.09. The van der Waals surface area contributed by atoms with Gasteiger partial charge in [-0.1, -0.05) is 18.7 Å². The molecule has 3 heteroatoms. The Labute approximate surface area is 63.9 Å². The van der Waals surface area contributed by atoms with Gasteiger partial charge in [-0.25, -0.2) is 0 Å². The molecule has 0 saturated carbocycles. The fourth-order valence-electron chi connectivity index (χ4n) is 0.494. The first-order valence-corrected chi connectivity index (χ1v) is 4.14. The molecular formula is C7H11O2S-. The van der Waals surface area contributed by atoms with Gasteiger partial charge in [-0.05, 0) is 35.8 Å². The third-order valence-electron chi connectivity index (χ3n) is 1.06. The molecule has 1 atom stereocenters. The highest BCUT2D eigenvalue weighted by Gasteiger charge is 1.89. The molecule has 0 aliphatic rings. The molecule has 1 unspecified atom stereocenters. The van der Waals surface area contributed by atoms with Gasteiger partial charge in [-0.2, -0.15) is 0 Å².